The largest absolute Gasteiger partial charge is 0.352 e. The molecule has 0 spiro atoms. The third-order valence-corrected chi connectivity index (χ3v) is 2.01. The van der Waals surface area contributed by atoms with Crippen LogP contribution in [0.2, 0.25) is 0 Å². The summed E-state index contributed by atoms with van der Waals surface area (Å²) in [6.45, 7) is 5.67. The minimum atomic E-state index is 0.203. The molecule has 0 unspecified atom stereocenters. The van der Waals surface area contributed by atoms with Crippen molar-refractivity contribution in [2.24, 2.45) is 5.92 Å². The third-order valence-electron chi connectivity index (χ3n) is 2.01. The van der Waals surface area contributed by atoms with Crippen LogP contribution in [0.3, 0.4) is 0 Å². The van der Waals surface area contributed by atoms with Crippen LogP contribution in [0.25, 0.3) is 0 Å². The molecule has 0 aromatic heterocycles. The highest BCUT2D eigenvalue weighted by atomic mass is 16.2. The highest BCUT2D eigenvalue weighted by Crippen LogP contribution is 2.20. The first-order chi connectivity index (χ1) is 4.79. The van der Waals surface area contributed by atoms with E-state index in [1.807, 2.05) is 13.0 Å². The third kappa shape index (κ3) is 1.06. The van der Waals surface area contributed by atoms with Gasteiger partial charge in [0.2, 0.25) is 5.91 Å². The van der Waals surface area contributed by atoms with Gasteiger partial charge in [-0.2, -0.15) is 0 Å². The van der Waals surface area contributed by atoms with Gasteiger partial charge in [0.25, 0.3) is 0 Å². The van der Waals surface area contributed by atoms with Crippen LogP contribution < -0.4 is 5.32 Å². The van der Waals surface area contributed by atoms with Crippen LogP contribution in [-0.2, 0) is 4.79 Å². The standard InChI is InChI=1S/C8H13NO/c1-3-5-7-6(4-2)8(10)9-7/h3,6-7H,1,4-5H2,2H3,(H,9,10)/t6-,7+/m0/s1. The van der Waals surface area contributed by atoms with Gasteiger partial charge < -0.3 is 5.32 Å². The molecule has 2 heteroatoms. The van der Waals surface area contributed by atoms with Crippen molar-refractivity contribution in [1.82, 2.24) is 5.32 Å². The lowest BCUT2D eigenvalue weighted by Crippen LogP contribution is -2.57. The lowest BCUT2D eigenvalue weighted by atomic mass is 9.86. The maximum atomic E-state index is 10.8. The summed E-state index contributed by atoms with van der Waals surface area (Å²) in [5.74, 6) is 0.451. The van der Waals surface area contributed by atoms with Crippen LogP contribution in [-0.4, -0.2) is 11.9 Å². The van der Waals surface area contributed by atoms with E-state index < -0.39 is 0 Å². The van der Waals surface area contributed by atoms with E-state index in [4.69, 9.17) is 0 Å². The van der Waals surface area contributed by atoms with E-state index in [2.05, 4.69) is 11.9 Å². The Morgan fingerprint density at radius 3 is 2.90 bits per heavy atom. The Morgan fingerprint density at radius 1 is 1.80 bits per heavy atom. The predicted molar refractivity (Wildman–Crippen MR) is 40.5 cm³/mol. The molecule has 2 atom stereocenters. The number of carbonyl (C=O) groups is 1. The van der Waals surface area contributed by atoms with E-state index >= 15 is 0 Å². The van der Waals surface area contributed by atoms with Gasteiger partial charge in [-0.1, -0.05) is 13.0 Å². The number of hydrogen-bond acceptors (Lipinski definition) is 1. The Balaban J connectivity index is 2.37. The van der Waals surface area contributed by atoms with Gasteiger partial charge in [0.05, 0.1) is 5.92 Å². The zero-order chi connectivity index (χ0) is 7.56. The van der Waals surface area contributed by atoms with Crippen molar-refractivity contribution in [1.29, 1.82) is 0 Å². The monoisotopic (exact) mass is 139 g/mol. The van der Waals surface area contributed by atoms with Crippen molar-refractivity contribution in [2.75, 3.05) is 0 Å². The molecule has 1 saturated heterocycles. The van der Waals surface area contributed by atoms with Gasteiger partial charge in [0.15, 0.2) is 0 Å². The molecule has 1 aliphatic heterocycles. The fraction of sp³-hybridized carbons (Fsp3) is 0.625. The molecule has 1 fully saturated rings. The topological polar surface area (TPSA) is 29.1 Å². The number of hydrogen-bond donors (Lipinski definition) is 1. The number of nitrogens with one attached hydrogen (secondary N) is 1. The summed E-state index contributed by atoms with van der Waals surface area (Å²) in [6, 6.07) is 0.370. The van der Waals surface area contributed by atoms with E-state index in [9.17, 15) is 4.79 Å². The highest BCUT2D eigenvalue weighted by molar-refractivity contribution is 5.85. The first kappa shape index (κ1) is 7.32. The summed E-state index contributed by atoms with van der Waals surface area (Å²) >= 11 is 0. The van der Waals surface area contributed by atoms with Crippen LogP contribution in [0.5, 0.6) is 0 Å². The molecule has 0 aliphatic carbocycles. The lowest BCUT2D eigenvalue weighted by molar-refractivity contribution is -0.135. The first-order valence-electron chi connectivity index (χ1n) is 3.70. The summed E-state index contributed by atoms with van der Waals surface area (Å²) in [6.07, 6.45) is 3.71. The van der Waals surface area contributed by atoms with Crippen molar-refractivity contribution in [3.8, 4) is 0 Å². The summed E-state index contributed by atoms with van der Waals surface area (Å²) < 4.78 is 0. The van der Waals surface area contributed by atoms with Crippen molar-refractivity contribution in [3.05, 3.63) is 12.7 Å². The fourth-order valence-corrected chi connectivity index (χ4v) is 1.35. The van der Waals surface area contributed by atoms with E-state index in [0.29, 0.717) is 6.04 Å². The second kappa shape index (κ2) is 2.86. The molecule has 1 heterocycles. The molecule has 0 saturated carbocycles. The Labute approximate surface area is 61.3 Å². The quantitative estimate of drug-likeness (QED) is 0.460. The van der Waals surface area contributed by atoms with Crippen LogP contribution in [0.4, 0.5) is 0 Å². The Kier molecular flexibility index (Phi) is 2.10. The van der Waals surface area contributed by atoms with Crippen LogP contribution in [0.1, 0.15) is 19.8 Å². The molecule has 0 aromatic rings. The van der Waals surface area contributed by atoms with E-state index in [-0.39, 0.29) is 11.8 Å². The van der Waals surface area contributed by atoms with Crippen molar-refractivity contribution in [2.45, 2.75) is 25.8 Å². The van der Waals surface area contributed by atoms with Crippen LogP contribution in [0.15, 0.2) is 12.7 Å². The molecule has 0 bridgehead atoms. The minimum Gasteiger partial charge on any atom is -0.352 e. The Morgan fingerprint density at radius 2 is 2.50 bits per heavy atom. The summed E-state index contributed by atoms with van der Waals surface area (Å²) in [5.41, 5.74) is 0. The predicted octanol–water partition coefficient (Wildman–Crippen LogP) is 1.09. The molecule has 1 rings (SSSR count). The molecule has 0 radical (unpaired) electrons. The zero-order valence-corrected chi connectivity index (χ0v) is 6.26. The van der Waals surface area contributed by atoms with Crippen molar-refractivity contribution in [3.63, 3.8) is 0 Å². The molecule has 1 aliphatic rings. The normalized spacial score (nSPS) is 30.7. The maximum absolute atomic E-state index is 10.8. The molecule has 56 valence electrons. The van der Waals surface area contributed by atoms with Gasteiger partial charge in [0, 0.05) is 6.04 Å². The van der Waals surface area contributed by atoms with Crippen molar-refractivity contribution >= 4 is 5.91 Å². The second-order valence-electron chi connectivity index (χ2n) is 2.65. The van der Waals surface area contributed by atoms with Crippen LogP contribution in [0, 0.1) is 5.92 Å². The maximum Gasteiger partial charge on any atom is 0.225 e. The number of carbonyl (C=O) groups excluding carboxylic acids is 1. The van der Waals surface area contributed by atoms with Gasteiger partial charge in [-0.05, 0) is 12.8 Å². The SMILES string of the molecule is C=CC[C@H]1NC(=O)[C@H]1CC. The molecular formula is C8H13NO. The average Bonchev–Trinajstić information content (AvgIpc) is 1.88. The summed E-state index contributed by atoms with van der Waals surface area (Å²) in [4.78, 5) is 10.8. The summed E-state index contributed by atoms with van der Waals surface area (Å²) in [5, 5.41) is 2.83. The fourth-order valence-electron chi connectivity index (χ4n) is 1.35. The lowest BCUT2D eigenvalue weighted by Gasteiger charge is -2.35. The zero-order valence-electron chi connectivity index (χ0n) is 6.26. The van der Waals surface area contributed by atoms with E-state index in [1.54, 1.807) is 0 Å². The second-order valence-corrected chi connectivity index (χ2v) is 2.65. The van der Waals surface area contributed by atoms with Crippen molar-refractivity contribution < 1.29 is 4.79 Å². The highest BCUT2D eigenvalue weighted by Gasteiger charge is 2.36. The van der Waals surface area contributed by atoms with Gasteiger partial charge >= 0.3 is 0 Å². The minimum absolute atomic E-state index is 0.203. The molecule has 0 aromatic carbocycles. The molecule has 1 N–H and O–H groups in total. The number of amides is 1. The van der Waals surface area contributed by atoms with Crippen LogP contribution >= 0.6 is 0 Å². The Bertz CT molecular complexity index is 151. The molecule has 2 nitrogen and oxygen atoms in total. The average molecular weight is 139 g/mol. The van der Waals surface area contributed by atoms with Gasteiger partial charge in [-0.3, -0.25) is 4.79 Å². The van der Waals surface area contributed by atoms with Gasteiger partial charge in [0.1, 0.15) is 0 Å². The van der Waals surface area contributed by atoms with Gasteiger partial charge in [-0.15, -0.1) is 6.58 Å². The molecule has 10 heavy (non-hydrogen) atoms. The number of β-lactam (4-membered cyclic amide) rings is 1. The summed E-state index contributed by atoms with van der Waals surface area (Å²) in [7, 11) is 0. The first-order valence-corrected chi connectivity index (χ1v) is 3.70. The van der Waals surface area contributed by atoms with Gasteiger partial charge in [-0.25, -0.2) is 0 Å². The molecule has 1 amide bonds. The number of rotatable bonds is 3. The van der Waals surface area contributed by atoms with E-state index in [1.165, 1.54) is 0 Å². The smallest absolute Gasteiger partial charge is 0.225 e. The van der Waals surface area contributed by atoms with E-state index in [0.717, 1.165) is 12.8 Å². The Hall–Kier alpha value is -0.790. The molecular weight excluding hydrogens is 126 g/mol.